The van der Waals surface area contributed by atoms with Gasteiger partial charge in [0.1, 0.15) is 6.61 Å². The number of methoxy groups -OCH3 is 1. The Morgan fingerprint density at radius 3 is 2.68 bits per heavy atom. The highest BCUT2D eigenvalue weighted by Gasteiger charge is 2.41. The summed E-state index contributed by atoms with van der Waals surface area (Å²) in [6, 6.07) is 0. The average Bonchev–Trinajstić information content (AvgIpc) is 2.43. The molecule has 1 aliphatic rings. The van der Waals surface area contributed by atoms with Crippen molar-refractivity contribution < 1.29 is 24.2 Å². The van der Waals surface area contributed by atoms with Gasteiger partial charge in [0.2, 0.25) is 5.91 Å². The van der Waals surface area contributed by atoms with Crippen molar-refractivity contribution in [2.45, 2.75) is 26.2 Å². The summed E-state index contributed by atoms with van der Waals surface area (Å²) in [4.78, 5) is 24.9. The molecule has 1 unspecified atom stereocenters. The molecule has 1 atom stereocenters. The molecule has 0 radical (unpaired) electrons. The Bertz CT molecular complexity index is 320. The van der Waals surface area contributed by atoms with Crippen LogP contribution in [0.3, 0.4) is 0 Å². The Morgan fingerprint density at radius 1 is 1.37 bits per heavy atom. The van der Waals surface area contributed by atoms with E-state index in [0.29, 0.717) is 32.6 Å². The van der Waals surface area contributed by atoms with Gasteiger partial charge in [0.15, 0.2) is 0 Å². The highest BCUT2D eigenvalue weighted by Crippen LogP contribution is 2.33. The predicted octanol–water partition coefficient (Wildman–Crippen LogP) is 0.753. The molecule has 110 valence electrons. The lowest BCUT2D eigenvalue weighted by atomic mass is 9.77. The van der Waals surface area contributed by atoms with Gasteiger partial charge in [-0.3, -0.25) is 9.59 Å². The van der Waals surface area contributed by atoms with E-state index in [1.807, 2.05) is 6.92 Å². The second-order valence-corrected chi connectivity index (χ2v) is 4.90. The van der Waals surface area contributed by atoms with E-state index in [9.17, 15) is 14.7 Å². The lowest BCUT2D eigenvalue weighted by Crippen LogP contribution is -2.50. The summed E-state index contributed by atoms with van der Waals surface area (Å²) in [6.07, 6.45) is 1.90. The van der Waals surface area contributed by atoms with Crippen LogP contribution in [0.1, 0.15) is 26.2 Å². The molecule has 19 heavy (non-hydrogen) atoms. The first kappa shape index (κ1) is 15.9. The monoisotopic (exact) mass is 273 g/mol. The highest BCUT2D eigenvalue weighted by atomic mass is 16.5. The van der Waals surface area contributed by atoms with Gasteiger partial charge >= 0.3 is 5.97 Å². The van der Waals surface area contributed by atoms with Crippen molar-refractivity contribution >= 4 is 11.9 Å². The molecule has 6 heteroatoms. The smallest absolute Gasteiger partial charge is 0.311 e. The second kappa shape index (κ2) is 7.45. The molecule has 6 nitrogen and oxygen atoms in total. The van der Waals surface area contributed by atoms with Crippen LogP contribution < -0.4 is 0 Å². The Labute approximate surface area is 113 Å². The van der Waals surface area contributed by atoms with Crippen LogP contribution in [0.2, 0.25) is 0 Å². The van der Waals surface area contributed by atoms with Gasteiger partial charge < -0.3 is 19.5 Å². The molecule has 1 saturated heterocycles. The number of amides is 1. The second-order valence-electron chi connectivity index (χ2n) is 4.90. The number of hydrogen-bond acceptors (Lipinski definition) is 4. The first-order chi connectivity index (χ1) is 9.05. The van der Waals surface area contributed by atoms with Crippen LogP contribution in [0.4, 0.5) is 0 Å². The Kier molecular flexibility index (Phi) is 6.24. The number of nitrogens with zero attached hydrogens (tertiary/aromatic N) is 1. The van der Waals surface area contributed by atoms with E-state index in [2.05, 4.69) is 0 Å². The van der Waals surface area contributed by atoms with Gasteiger partial charge in [-0.25, -0.2) is 0 Å². The average molecular weight is 273 g/mol. The number of rotatable bonds is 7. The van der Waals surface area contributed by atoms with Gasteiger partial charge in [0.05, 0.1) is 18.6 Å². The summed E-state index contributed by atoms with van der Waals surface area (Å²) in [7, 11) is 1.57. The quantitative estimate of drug-likeness (QED) is 0.693. The molecule has 0 aliphatic carbocycles. The lowest BCUT2D eigenvalue weighted by Gasteiger charge is -2.39. The molecule has 0 aromatic carbocycles. The Hall–Kier alpha value is -1.14. The maximum Gasteiger partial charge on any atom is 0.311 e. The van der Waals surface area contributed by atoms with Crippen LogP contribution in [0.25, 0.3) is 0 Å². The minimum absolute atomic E-state index is 0.0111. The molecule has 0 aromatic rings. The molecule has 1 aliphatic heterocycles. The number of hydrogen-bond donors (Lipinski definition) is 1. The van der Waals surface area contributed by atoms with Crippen molar-refractivity contribution in [3.05, 3.63) is 0 Å². The maximum absolute atomic E-state index is 12.0. The van der Waals surface area contributed by atoms with E-state index in [0.717, 1.165) is 6.42 Å². The van der Waals surface area contributed by atoms with Crippen LogP contribution in [0.15, 0.2) is 0 Å². The van der Waals surface area contributed by atoms with Crippen molar-refractivity contribution in [3.8, 4) is 0 Å². The van der Waals surface area contributed by atoms with Crippen molar-refractivity contribution in [1.29, 1.82) is 0 Å². The predicted molar refractivity (Wildman–Crippen MR) is 68.9 cm³/mol. The number of carbonyl (C=O) groups excluding carboxylic acids is 1. The van der Waals surface area contributed by atoms with E-state index >= 15 is 0 Å². The molecular formula is C13H23NO5. The fraction of sp³-hybridized carbons (Fsp3) is 0.846. The van der Waals surface area contributed by atoms with Gasteiger partial charge in [0, 0.05) is 20.2 Å². The third kappa shape index (κ3) is 4.18. The van der Waals surface area contributed by atoms with E-state index < -0.39 is 11.4 Å². The Morgan fingerprint density at radius 2 is 2.11 bits per heavy atom. The largest absolute Gasteiger partial charge is 0.481 e. The number of carbonyl (C=O) groups is 2. The fourth-order valence-electron chi connectivity index (χ4n) is 2.35. The molecule has 1 N–H and O–H groups in total. The first-order valence-electron chi connectivity index (χ1n) is 6.63. The fourth-order valence-corrected chi connectivity index (χ4v) is 2.35. The lowest BCUT2D eigenvalue weighted by molar-refractivity contribution is -0.156. The molecule has 0 aromatic heterocycles. The van der Waals surface area contributed by atoms with E-state index in [1.165, 1.54) is 0 Å². The molecule has 0 bridgehead atoms. The van der Waals surface area contributed by atoms with Crippen molar-refractivity contribution in [2.24, 2.45) is 5.41 Å². The van der Waals surface area contributed by atoms with E-state index in [-0.39, 0.29) is 19.1 Å². The van der Waals surface area contributed by atoms with Gasteiger partial charge in [-0.2, -0.15) is 0 Å². The van der Waals surface area contributed by atoms with Crippen LogP contribution in [0.5, 0.6) is 0 Å². The van der Waals surface area contributed by atoms with Gasteiger partial charge in [-0.05, 0) is 19.3 Å². The standard InChI is InChI=1S/C13H23NO5/c1-3-13(12(16)17)5-4-6-14(10-13)11(15)9-19-8-7-18-2/h3-10H2,1-2H3,(H,16,17). The summed E-state index contributed by atoms with van der Waals surface area (Å²) >= 11 is 0. The zero-order valence-corrected chi connectivity index (χ0v) is 11.7. The summed E-state index contributed by atoms with van der Waals surface area (Å²) in [5.74, 6) is -0.956. The molecule has 1 amide bonds. The normalized spacial score (nSPS) is 23.4. The summed E-state index contributed by atoms with van der Waals surface area (Å²) < 4.78 is 10.0. The molecule has 1 fully saturated rings. The van der Waals surface area contributed by atoms with Gasteiger partial charge in [-0.15, -0.1) is 0 Å². The van der Waals surface area contributed by atoms with Crippen LogP contribution >= 0.6 is 0 Å². The Balaban J connectivity index is 2.49. The molecular weight excluding hydrogens is 250 g/mol. The number of piperidine rings is 1. The summed E-state index contributed by atoms with van der Waals surface area (Å²) in [5.41, 5.74) is -0.791. The molecule has 1 rings (SSSR count). The zero-order valence-electron chi connectivity index (χ0n) is 11.7. The first-order valence-corrected chi connectivity index (χ1v) is 6.63. The van der Waals surface area contributed by atoms with Crippen molar-refractivity contribution in [1.82, 2.24) is 4.90 Å². The summed E-state index contributed by atoms with van der Waals surface area (Å²) in [5, 5.41) is 9.35. The molecule has 0 saturated carbocycles. The van der Waals surface area contributed by atoms with Crippen LogP contribution in [0, 0.1) is 5.41 Å². The van der Waals surface area contributed by atoms with Crippen LogP contribution in [-0.2, 0) is 19.1 Å². The summed E-state index contributed by atoms with van der Waals surface area (Å²) in [6.45, 7) is 3.56. The highest BCUT2D eigenvalue weighted by molar-refractivity contribution is 5.80. The maximum atomic E-state index is 12.0. The number of likely N-dealkylation sites (tertiary alicyclic amines) is 1. The minimum Gasteiger partial charge on any atom is -0.481 e. The van der Waals surface area contributed by atoms with Gasteiger partial charge in [-0.1, -0.05) is 6.92 Å². The van der Waals surface area contributed by atoms with Gasteiger partial charge in [0.25, 0.3) is 0 Å². The molecule has 1 heterocycles. The van der Waals surface area contributed by atoms with Crippen LogP contribution in [-0.4, -0.2) is 61.9 Å². The number of ether oxygens (including phenoxy) is 2. The van der Waals surface area contributed by atoms with Crippen molar-refractivity contribution in [2.75, 3.05) is 40.0 Å². The molecule has 0 spiro atoms. The van der Waals surface area contributed by atoms with E-state index in [4.69, 9.17) is 9.47 Å². The van der Waals surface area contributed by atoms with E-state index in [1.54, 1.807) is 12.0 Å². The topological polar surface area (TPSA) is 76.1 Å². The SMILES string of the molecule is CCC1(C(=O)O)CCCN(C(=O)COCCOC)C1. The third-order valence-corrected chi connectivity index (χ3v) is 3.72. The number of carboxylic acid groups (broad SMARTS) is 1. The third-order valence-electron chi connectivity index (χ3n) is 3.72. The van der Waals surface area contributed by atoms with Crippen molar-refractivity contribution in [3.63, 3.8) is 0 Å². The number of aliphatic carboxylic acids is 1. The minimum atomic E-state index is -0.812. The number of carboxylic acids is 1. The zero-order chi connectivity index (χ0) is 14.3.